The summed E-state index contributed by atoms with van der Waals surface area (Å²) in [5.41, 5.74) is 4.19. The fourth-order valence-corrected chi connectivity index (χ4v) is 1.68. The summed E-state index contributed by atoms with van der Waals surface area (Å²) in [6, 6.07) is 17.2. The van der Waals surface area contributed by atoms with Crippen LogP contribution in [0.3, 0.4) is 0 Å². The van der Waals surface area contributed by atoms with Gasteiger partial charge in [0.25, 0.3) is 0 Å². The number of rotatable bonds is 5. The van der Waals surface area contributed by atoms with E-state index in [4.69, 9.17) is 4.74 Å². The Morgan fingerprint density at radius 2 is 1.67 bits per heavy atom. The number of hydrogen-bond acceptors (Lipinski definition) is 3. The normalized spacial score (nSPS) is 11.0. The number of para-hydroxylation sites is 1. The molecule has 21 heavy (non-hydrogen) atoms. The molecule has 0 saturated heterocycles. The summed E-state index contributed by atoms with van der Waals surface area (Å²) in [6.07, 6.45) is 0.417. The number of benzene rings is 2. The Balaban J connectivity index is 2.03. The molecule has 0 radical (unpaired) electrons. The van der Waals surface area contributed by atoms with E-state index in [0.717, 1.165) is 22.8 Å². The smallest absolute Gasteiger partial charge is 0.239 e. The molecule has 0 bridgehead atoms. The largest absolute Gasteiger partial charge is 0.457 e. The van der Waals surface area contributed by atoms with Crippen LogP contribution in [0.25, 0.3) is 0 Å². The Hall–Kier alpha value is -2.62. The van der Waals surface area contributed by atoms with Crippen LogP contribution >= 0.6 is 0 Å². The fraction of sp³-hybridized carbons (Fsp3) is 0.176. The summed E-state index contributed by atoms with van der Waals surface area (Å²) in [6.45, 7) is 3.64. The SMILES string of the molecule is CCC(=O)N/N=C(/C)c1ccc(Oc2ccccc2)cc1. The summed E-state index contributed by atoms with van der Waals surface area (Å²) < 4.78 is 5.72. The van der Waals surface area contributed by atoms with Crippen LogP contribution in [0.4, 0.5) is 0 Å². The van der Waals surface area contributed by atoms with Gasteiger partial charge in [0.05, 0.1) is 5.71 Å². The lowest BCUT2D eigenvalue weighted by atomic mass is 10.1. The van der Waals surface area contributed by atoms with Crippen molar-refractivity contribution in [2.24, 2.45) is 5.10 Å². The molecule has 108 valence electrons. The second-order valence-electron chi connectivity index (χ2n) is 4.53. The zero-order valence-corrected chi connectivity index (χ0v) is 12.2. The van der Waals surface area contributed by atoms with Gasteiger partial charge in [0.2, 0.25) is 5.91 Å². The van der Waals surface area contributed by atoms with Crippen LogP contribution in [0.5, 0.6) is 11.5 Å². The fourth-order valence-electron chi connectivity index (χ4n) is 1.68. The van der Waals surface area contributed by atoms with Crippen molar-refractivity contribution in [1.29, 1.82) is 0 Å². The summed E-state index contributed by atoms with van der Waals surface area (Å²) in [4.78, 5) is 11.2. The Bertz CT molecular complexity index is 619. The highest BCUT2D eigenvalue weighted by Crippen LogP contribution is 2.21. The van der Waals surface area contributed by atoms with Crippen LogP contribution in [0.2, 0.25) is 0 Å². The summed E-state index contributed by atoms with van der Waals surface area (Å²) >= 11 is 0. The van der Waals surface area contributed by atoms with Crippen LogP contribution in [0, 0.1) is 0 Å². The van der Waals surface area contributed by atoms with E-state index >= 15 is 0 Å². The lowest BCUT2D eigenvalue weighted by Crippen LogP contribution is -2.17. The van der Waals surface area contributed by atoms with Gasteiger partial charge in [0.15, 0.2) is 0 Å². The minimum Gasteiger partial charge on any atom is -0.457 e. The second kappa shape index (κ2) is 7.24. The molecule has 0 aliphatic heterocycles. The maximum Gasteiger partial charge on any atom is 0.239 e. The van der Waals surface area contributed by atoms with Crippen LogP contribution < -0.4 is 10.2 Å². The van der Waals surface area contributed by atoms with Gasteiger partial charge in [-0.1, -0.05) is 25.1 Å². The highest BCUT2D eigenvalue weighted by atomic mass is 16.5. The van der Waals surface area contributed by atoms with E-state index in [1.165, 1.54) is 0 Å². The predicted octanol–water partition coefficient (Wildman–Crippen LogP) is 3.73. The first-order valence-electron chi connectivity index (χ1n) is 6.85. The molecular weight excluding hydrogens is 264 g/mol. The summed E-state index contributed by atoms with van der Waals surface area (Å²) in [5.74, 6) is 1.46. The number of ether oxygens (including phenoxy) is 1. The number of carbonyl (C=O) groups excluding carboxylic acids is 1. The van der Waals surface area contributed by atoms with Crippen molar-refractivity contribution in [2.75, 3.05) is 0 Å². The number of carbonyl (C=O) groups is 1. The van der Waals surface area contributed by atoms with E-state index in [2.05, 4.69) is 10.5 Å². The van der Waals surface area contributed by atoms with Gasteiger partial charge in [0, 0.05) is 6.42 Å². The van der Waals surface area contributed by atoms with Gasteiger partial charge in [-0.15, -0.1) is 0 Å². The van der Waals surface area contributed by atoms with Crippen molar-refractivity contribution in [2.45, 2.75) is 20.3 Å². The molecule has 0 saturated carbocycles. The zero-order valence-electron chi connectivity index (χ0n) is 12.2. The summed E-state index contributed by atoms with van der Waals surface area (Å²) in [5, 5.41) is 4.06. The molecule has 4 nitrogen and oxygen atoms in total. The third kappa shape index (κ3) is 4.45. The first-order chi connectivity index (χ1) is 10.2. The van der Waals surface area contributed by atoms with Gasteiger partial charge in [-0.3, -0.25) is 4.79 Å². The van der Waals surface area contributed by atoms with E-state index in [0.29, 0.717) is 6.42 Å². The van der Waals surface area contributed by atoms with E-state index < -0.39 is 0 Å². The second-order valence-corrected chi connectivity index (χ2v) is 4.53. The number of nitrogens with zero attached hydrogens (tertiary/aromatic N) is 1. The van der Waals surface area contributed by atoms with Crippen LogP contribution in [-0.4, -0.2) is 11.6 Å². The molecule has 0 fully saturated rings. The molecule has 4 heteroatoms. The van der Waals surface area contributed by atoms with Gasteiger partial charge in [-0.05, 0) is 48.9 Å². The zero-order chi connectivity index (χ0) is 15.1. The molecular formula is C17H18N2O2. The molecule has 0 heterocycles. The first kappa shape index (κ1) is 14.8. The first-order valence-corrected chi connectivity index (χ1v) is 6.85. The van der Waals surface area contributed by atoms with Crippen molar-refractivity contribution in [3.63, 3.8) is 0 Å². The standard InChI is InChI=1S/C17H18N2O2/c1-3-17(20)19-18-13(2)14-9-11-16(12-10-14)21-15-7-5-4-6-8-15/h4-12H,3H2,1-2H3,(H,19,20)/b18-13-. The van der Waals surface area contributed by atoms with Crippen molar-refractivity contribution in [1.82, 2.24) is 5.43 Å². The number of nitrogens with one attached hydrogen (secondary N) is 1. The maximum atomic E-state index is 11.2. The molecule has 1 amide bonds. The molecule has 2 rings (SSSR count). The van der Waals surface area contributed by atoms with Crippen molar-refractivity contribution in [3.05, 3.63) is 60.2 Å². The van der Waals surface area contributed by atoms with E-state index in [9.17, 15) is 4.79 Å². The molecule has 0 aliphatic carbocycles. The summed E-state index contributed by atoms with van der Waals surface area (Å²) in [7, 11) is 0. The number of hydrogen-bond donors (Lipinski definition) is 1. The lowest BCUT2D eigenvalue weighted by molar-refractivity contribution is -0.120. The van der Waals surface area contributed by atoms with Crippen LogP contribution in [0.15, 0.2) is 59.7 Å². The molecule has 0 aliphatic rings. The van der Waals surface area contributed by atoms with Crippen molar-refractivity contribution >= 4 is 11.6 Å². The maximum absolute atomic E-state index is 11.2. The minimum atomic E-state index is -0.0987. The molecule has 0 atom stereocenters. The quantitative estimate of drug-likeness (QED) is 0.671. The molecule has 1 N–H and O–H groups in total. The van der Waals surface area contributed by atoms with Gasteiger partial charge in [0.1, 0.15) is 11.5 Å². The van der Waals surface area contributed by atoms with Crippen molar-refractivity contribution in [3.8, 4) is 11.5 Å². The number of amides is 1. The third-order valence-corrected chi connectivity index (χ3v) is 2.92. The van der Waals surface area contributed by atoms with Crippen LogP contribution in [0.1, 0.15) is 25.8 Å². The van der Waals surface area contributed by atoms with Gasteiger partial charge in [-0.25, -0.2) is 5.43 Å². The molecule has 0 unspecified atom stereocenters. The average Bonchev–Trinajstić information content (AvgIpc) is 2.54. The molecule has 0 spiro atoms. The van der Waals surface area contributed by atoms with E-state index in [-0.39, 0.29) is 5.91 Å². The Labute approximate surface area is 124 Å². The molecule has 2 aromatic carbocycles. The predicted molar refractivity (Wildman–Crippen MR) is 83.6 cm³/mol. The Morgan fingerprint density at radius 1 is 1.05 bits per heavy atom. The van der Waals surface area contributed by atoms with Crippen molar-refractivity contribution < 1.29 is 9.53 Å². The van der Waals surface area contributed by atoms with Gasteiger partial charge >= 0.3 is 0 Å². The topological polar surface area (TPSA) is 50.7 Å². The molecule has 0 aromatic heterocycles. The Kier molecular flexibility index (Phi) is 5.10. The highest BCUT2D eigenvalue weighted by molar-refractivity contribution is 5.99. The Morgan fingerprint density at radius 3 is 2.29 bits per heavy atom. The van der Waals surface area contributed by atoms with Gasteiger partial charge < -0.3 is 4.74 Å². The van der Waals surface area contributed by atoms with E-state index in [1.54, 1.807) is 6.92 Å². The van der Waals surface area contributed by atoms with E-state index in [1.807, 2.05) is 61.5 Å². The lowest BCUT2D eigenvalue weighted by Gasteiger charge is -2.06. The number of hydrazone groups is 1. The third-order valence-electron chi connectivity index (χ3n) is 2.92. The minimum absolute atomic E-state index is 0.0987. The monoisotopic (exact) mass is 282 g/mol. The van der Waals surface area contributed by atoms with Crippen LogP contribution in [-0.2, 0) is 4.79 Å². The average molecular weight is 282 g/mol. The molecule has 2 aromatic rings. The van der Waals surface area contributed by atoms with Gasteiger partial charge in [-0.2, -0.15) is 5.10 Å². The highest BCUT2D eigenvalue weighted by Gasteiger charge is 2.01.